The van der Waals surface area contributed by atoms with Crippen molar-refractivity contribution in [3.05, 3.63) is 60.2 Å². The van der Waals surface area contributed by atoms with Gasteiger partial charge in [-0.25, -0.2) is 0 Å². The summed E-state index contributed by atoms with van der Waals surface area (Å²) < 4.78 is 10.6. The van der Waals surface area contributed by atoms with Crippen molar-refractivity contribution in [1.82, 2.24) is 10.6 Å². The summed E-state index contributed by atoms with van der Waals surface area (Å²) in [7, 11) is 1.57. The molecule has 0 aromatic heterocycles. The highest BCUT2D eigenvalue weighted by Crippen LogP contribution is 2.12. The van der Waals surface area contributed by atoms with E-state index in [0.29, 0.717) is 24.5 Å². The van der Waals surface area contributed by atoms with Crippen LogP contribution in [-0.2, 0) is 4.79 Å². The molecule has 144 valence electrons. The molecule has 0 bridgehead atoms. The Morgan fingerprint density at radius 3 is 2.22 bits per heavy atom. The van der Waals surface area contributed by atoms with Crippen LogP contribution >= 0.6 is 0 Å². The first kappa shape index (κ1) is 20.3. The van der Waals surface area contributed by atoms with Crippen LogP contribution in [0.25, 0.3) is 0 Å². The van der Waals surface area contributed by atoms with E-state index >= 15 is 0 Å². The van der Waals surface area contributed by atoms with Gasteiger partial charge < -0.3 is 20.1 Å². The number of rotatable bonds is 9. The second kappa shape index (κ2) is 10.2. The van der Waals surface area contributed by atoms with Crippen LogP contribution in [0.2, 0.25) is 0 Å². The van der Waals surface area contributed by atoms with Gasteiger partial charge in [0, 0.05) is 5.56 Å². The molecule has 0 fully saturated rings. The number of nitrogens with one attached hydrogen (secondary N) is 2. The Morgan fingerprint density at radius 1 is 0.963 bits per heavy atom. The van der Waals surface area contributed by atoms with Crippen LogP contribution in [0, 0.1) is 5.92 Å². The zero-order valence-electron chi connectivity index (χ0n) is 15.9. The number of carbonyl (C=O) groups excluding carboxylic acids is 2. The van der Waals surface area contributed by atoms with Crippen molar-refractivity contribution in [2.45, 2.75) is 19.9 Å². The zero-order valence-corrected chi connectivity index (χ0v) is 15.9. The number of hydrogen-bond donors (Lipinski definition) is 2. The zero-order chi connectivity index (χ0) is 19.6. The van der Waals surface area contributed by atoms with Gasteiger partial charge in [-0.15, -0.1) is 0 Å². The van der Waals surface area contributed by atoms with Crippen LogP contribution in [0.15, 0.2) is 54.6 Å². The number of carbonyl (C=O) groups is 2. The van der Waals surface area contributed by atoms with Crippen molar-refractivity contribution in [2.24, 2.45) is 5.92 Å². The quantitative estimate of drug-likeness (QED) is 0.666. The van der Waals surface area contributed by atoms with Crippen molar-refractivity contribution in [1.29, 1.82) is 0 Å². The molecule has 2 aromatic carbocycles. The van der Waals surface area contributed by atoms with E-state index in [1.165, 1.54) is 0 Å². The van der Waals surface area contributed by atoms with Crippen LogP contribution < -0.4 is 20.1 Å². The minimum atomic E-state index is -0.628. The highest BCUT2D eigenvalue weighted by molar-refractivity contribution is 5.97. The molecule has 2 amide bonds. The van der Waals surface area contributed by atoms with Gasteiger partial charge in [0.15, 0.2) is 0 Å². The number of para-hydroxylation sites is 1. The van der Waals surface area contributed by atoms with E-state index in [-0.39, 0.29) is 17.7 Å². The molecular weight excluding hydrogens is 344 g/mol. The highest BCUT2D eigenvalue weighted by Gasteiger charge is 2.24. The maximum atomic E-state index is 12.5. The van der Waals surface area contributed by atoms with Crippen LogP contribution in [0.5, 0.6) is 11.5 Å². The van der Waals surface area contributed by atoms with Crippen LogP contribution in [-0.4, -0.2) is 38.1 Å². The summed E-state index contributed by atoms with van der Waals surface area (Å²) >= 11 is 0. The van der Waals surface area contributed by atoms with Gasteiger partial charge in [0.2, 0.25) is 5.91 Å². The molecular formula is C21H26N2O4. The fourth-order valence-corrected chi connectivity index (χ4v) is 2.47. The second-order valence-electron chi connectivity index (χ2n) is 6.38. The van der Waals surface area contributed by atoms with Crippen LogP contribution in [0.4, 0.5) is 0 Å². The minimum Gasteiger partial charge on any atom is -0.497 e. The average molecular weight is 370 g/mol. The molecule has 2 N–H and O–H groups in total. The molecule has 2 aromatic rings. The molecule has 0 radical (unpaired) electrons. The van der Waals surface area contributed by atoms with E-state index in [1.807, 2.05) is 44.2 Å². The predicted octanol–water partition coefficient (Wildman–Crippen LogP) is 2.64. The van der Waals surface area contributed by atoms with Gasteiger partial charge in [0.25, 0.3) is 5.91 Å². The lowest BCUT2D eigenvalue weighted by atomic mass is 10.0. The van der Waals surface area contributed by atoms with E-state index in [9.17, 15) is 9.59 Å². The van der Waals surface area contributed by atoms with E-state index in [2.05, 4.69) is 10.6 Å². The van der Waals surface area contributed by atoms with Gasteiger partial charge in [-0.3, -0.25) is 9.59 Å². The highest BCUT2D eigenvalue weighted by atomic mass is 16.5. The second-order valence-corrected chi connectivity index (χ2v) is 6.38. The first-order valence-electron chi connectivity index (χ1n) is 8.91. The van der Waals surface area contributed by atoms with E-state index < -0.39 is 6.04 Å². The Balaban J connectivity index is 1.85. The summed E-state index contributed by atoms with van der Waals surface area (Å²) in [4.78, 5) is 24.9. The molecule has 0 aliphatic heterocycles. The maximum Gasteiger partial charge on any atom is 0.251 e. The van der Waals surface area contributed by atoms with Gasteiger partial charge in [0.05, 0.1) is 13.7 Å². The fourth-order valence-electron chi connectivity index (χ4n) is 2.47. The third kappa shape index (κ3) is 6.33. The topological polar surface area (TPSA) is 76.7 Å². The van der Waals surface area contributed by atoms with Gasteiger partial charge in [-0.2, -0.15) is 0 Å². The summed E-state index contributed by atoms with van der Waals surface area (Å²) in [6.07, 6.45) is 0. The lowest BCUT2D eigenvalue weighted by Gasteiger charge is -2.22. The third-order valence-corrected chi connectivity index (χ3v) is 4.00. The van der Waals surface area contributed by atoms with Gasteiger partial charge in [-0.05, 0) is 42.3 Å². The van der Waals surface area contributed by atoms with E-state index in [4.69, 9.17) is 9.47 Å². The molecule has 6 heteroatoms. The number of ether oxygens (including phenoxy) is 2. The summed E-state index contributed by atoms with van der Waals surface area (Å²) in [6, 6.07) is 15.5. The molecule has 0 aliphatic rings. The Morgan fingerprint density at radius 2 is 1.63 bits per heavy atom. The summed E-state index contributed by atoms with van der Waals surface area (Å²) in [5, 5.41) is 5.61. The molecule has 0 heterocycles. The Hall–Kier alpha value is -3.02. The van der Waals surface area contributed by atoms with E-state index in [1.54, 1.807) is 31.4 Å². The van der Waals surface area contributed by atoms with Crippen molar-refractivity contribution in [3.8, 4) is 11.5 Å². The fraction of sp³-hybridized carbons (Fsp3) is 0.333. The van der Waals surface area contributed by atoms with Crippen molar-refractivity contribution in [3.63, 3.8) is 0 Å². The molecule has 0 aliphatic carbocycles. The van der Waals surface area contributed by atoms with Crippen LogP contribution in [0.1, 0.15) is 24.2 Å². The third-order valence-electron chi connectivity index (χ3n) is 4.00. The smallest absolute Gasteiger partial charge is 0.251 e. The number of amides is 2. The lowest BCUT2D eigenvalue weighted by molar-refractivity contribution is -0.124. The van der Waals surface area contributed by atoms with Gasteiger partial charge in [0.1, 0.15) is 24.1 Å². The first-order chi connectivity index (χ1) is 13.0. The summed E-state index contributed by atoms with van der Waals surface area (Å²) in [6.45, 7) is 4.49. The van der Waals surface area contributed by atoms with Gasteiger partial charge in [-0.1, -0.05) is 32.0 Å². The average Bonchev–Trinajstić information content (AvgIpc) is 2.69. The molecule has 0 saturated carbocycles. The molecule has 6 nitrogen and oxygen atoms in total. The van der Waals surface area contributed by atoms with Crippen molar-refractivity contribution >= 4 is 11.8 Å². The molecule has 2 rings (SSSR count). The first-order valence-corrected chi connectivity index (χ1v) is 8.91. The Kier molecular flexibility index (Phi) is 7.67. The van der Waals surface area contributed by atoms with Crippen molar-refractivity contribution < 1.29 is 19.1 Å². The Labute approximate surface area is 159 Å². The predicted molar refractivity (Wildman–Crippen MR) is 104 cm³/mol. The van der Waals surface area contributed by atoms with Crippen LogP contribution in [0.3, 0.4) is 0 Å². The SMILES string of the molecule is COc1ccc(C(=O)NC(C(=O)NCCOc2ccccc2)C(C)C)cc1. The number of hydrogen-bond acceptors (Lipinski definition) is 4. The minimum absolute atomic E-state index is 0.0535. The van der Waals surface area contributed by atoms with E-state index in [0.717, 1.165) is 5.75 Å². The molecule has 0 spiro atoms. The summed E-state index contributed by atoms with van der Waals surface area (Å²) in [5.74, 6) is 0.834. The molecule has 1 atom stereocenters. The Bertz CT molecular complexity index is 730. The number of methoxy groups -OCH3 is 1. The number of benzene rings is 2. The molecule has 1 unspecified atom stereocenters. The molecule has 0 saturated heterocycles. The largest absolute Gasteiger partial charge is 0.497 e. The molecule has 27 heavy (non-hydrogen) atoms. The van der Waals surface area contributed by atoms with Gasteiger partial charge >= 0.3 is 0 Å². The lowest BCUT2D eigenvalue weighted by Crippen LogP contribution is -2.50. The normalized spacial score (nSPS) is 11.6. The summed E-state index contributed by atoms with van der Waals surface area (Å²) in [5.41, 5.74) is 0.474. The maximum absolute atomic E-state index is 12.5. The standard InChI is InChI=1S/C21H26N2O4/c1-15(2)19(23-20(24)16-9-11-17(26-3)12-10-16)21(25)22-13-14-27-18-7-5-4-6-8-18/h4-12,15,19H,13-14H2,1-3H3,(H,22,25)(H,23,24). The van der Waals surface area contributed by atoms with Crippen molar-refractivity contribution in [2.75, 3.05) is 20.3 Å². The monoisotopic (exact) mass is 370 g/mol.